The van der Waals surface area contributed by atoms with Gasteiger partial charge in [0, 0.05) is 11.3 Å². The van der Waals surface area contributed by atoms with Crippen LogP contribution in [0.25, 0.3) is 0 Å². The summed E-state index contributed by atoms with van der Waals surface area (Å²) in [7, 11) is 0. The van der Waals surface area contributed by atoms with Crippen molar-refractivity contribution in [2.24, 2.45) is 0 Å². The van der Waals surface area contributed by atoms with Gasteiger partial charge >= 0.3 is 0 Å². The summed E-state index contributed by atoms with van der Waals surface area (Å²) in [5.74, 6) is -0.180. The van der Waals surface area contributed by atoms with Crippen molar-refractivity contribution >= 4 is 11.6 Å². The molecule has 4 heteroatoms. The Kier molecular flexibility index (Phi) is 5.08. The van der Waals surface area contributed by atoms with Crippen molar-refractivity contribution in [3.63, 3.8) is 0 Å². The third kappa shape index (κ3) is 3.25. The van der Waals surface area contributed by atoms with Crippen LogP contribution in [0.4, 0.5) is 5.69 Å². The highest BCUT2D eigenvalue weighted by Crippen LogP contribution is 2.27. The first kappa shape index (κ1) is 16.4. The first-order chi connectivity index (χ1) is 11.7. The zero-order chi connectivity index (χ0) is 16.9. The summed E-state index contributed by atoms with van der Waals surface area (Å²) in [6, 6.07) is 13.5. The largest absolute Gasteiger partial charge is 0.392 e. The van der Waals surface area contributed by atoms with Gasteiger partial charge in [-0.2, -0.15) is 0 Å². The van der Waals surface area contributed by atoms with Crippen LogP contribution in [0, 0.1) is 0 Å². The summed E-state index contributed by atoms with van der Waals surface area (Å²) in [4.78, 5) is 14.1. The summed E-state index contributed by atoms with van der Waals surface area (Å²) in [6.07, 6.45) is 2.16. The SMILES string of the molecule is C=CC(=O)N(Cc1cccc2c1CCOC2)c1ccccc1CO. The molecule has 0 aromatic heterocycles. The first-order valence-electron chi connectivity index (χ1n) is 8.04. The number of ether oxygens (including phenoxy) is 1. The lowest BCUT2D eigenvalue weighted by atomic mass is 9.96. The molecule has 0 fully saturated rings. The van der Waals surface area contributed by atoms with Gasteiger partial charge in [-0.25, -0.2) is 0 Å². The van der Waals surface area contributed by atoms with E-state index < -0.39 is 0 Å². The highest BCUT2D eigenvalue weighted by atomic mass is 16.5. The summed E-state index contributed by atoms with van der Waals surface area (Å²) < 4.78 is 5.52. The van der Waals surface area contributed by atoms with E-state index in [2.05, 4.69) is 18.7 Å². The van der Waals surface area contributed by atoms with Crippen LogP contribution in [0.3, 0.4) is 0 Å². The molecule has 1 heterocycles. The number of para-hydroxylation sites is 1. The number of amides is 1. The van der Waals surface area contributed by atoms with Crippen LogP contribution in [0.2, 0.25) is 0 Å². The predicted molar refractivity (Wildman–Crippen MR) is 93.6 cm³/mol. The molecule has 0 atom stereocenters. The van der Waals surface area contributed by atoms with Crippen molar-refractivity contribution in [1.82, 2.24) is 0 Å². The molecule has 1 aliphatic heterocycles. The van der Waals surface area contributed by atoms with Gasteiger partial charge in [0.05, 0.1) is 26.4 Å². The molecule has 0 spiro atoms. The standard InChI is InChI=1S/C20H21NO3/c1-2-20(23)21(19-9-4-3-6-16(19)13-22)12-15-7-5-8-17-14-24-11-10-18(15)17/h2-9,22H,1,10-14H2. The lowest BCUT2D eigenvalue weighted by Gasteiger charge is -2.27. The Balaban J connectivity index is 2.00. The molecule has 2 aromatic rings. The minimum atomic E-state index is -0.180. The van der Waals surface area contributed by atoms with Crippen molar-refractivity contribution in [2.75, 3.05) is 11.5 Å². The van der Waals surface area contributed by atoms with E-state index in [-0.39, 0.29) is 12.5 Å². The number of anilines is 1. The average molecular weight is 323 g/mol. The summed E-state index contributed by atoms with van der Waals surface area (Å²) in [5, 5.41) is 9.60. The molecular weight excluding hydrogens is 302 g/mol. The zero-order valence-electron chi connectivity index (χ0n) is 13.6. The Morgan fingerprint density at radius 3 is 2.79 bits per heavy atom. The van der Waals surface area contributed by atoms with Gasteiger partial charge < -0.3 is 14.7 Å². The number of carbonyl (C=O) groups excluding carboxylic acids is 1. The van der Waals surface area contributed by atoms with Crippen molar-refractivity contribution in [3.8, 4) is 0 Å². The van der Waals surface area contributed by atoms with Crippen LogP contribution in [0.5, 0.6) is 0 Å². The van der Waals surface area contributed by atoms with Gasteiger partial charge in [-0.15, -0.1) is 0 Å². The van der Waals surface area contributed by atoms with Crippen LogP contribution >= 0.6 is 0 Å². The van der Waals surface area contributed by atoms with Gasteiger partial charge in [0.2, 0.25) is 0 Å². The van der Waals surface area contributed by atoms with Crippen LogP contribution in [-0.2, 0) is 35.7 Å². The van der Waals surface area contributed by atoms with Crippen molar-refractivity contribution < 1.29 is 14.6 Å². The highest BCUT2D eigenvalue weighted by molar-refractivity contribution is 6.01. The Morgan fingerprint density at radius 1 is 1.21 bits per heavy atom. The molecule has 24 heavy (non-hydrogen) atoms. The Hall–Kier alpha value is -2.43. The number of rotatable bonds is 5. The number of hydrogen-bond donors (Lipinski definition) is 1. The van der Waals surface area contributed by atoms with E-state index in [9.17, 15) is 9.90 Å². The predicted octanol–water partition coefficient (Wildman–Crippen LogP) is 2.97. The average Bonchev–Trinajstić information content (AvgIpc) is 2.65. The third-order valence-corrected chi connectivity index (χ3v) is 4.35. The van der Waals surface area contributed by atoms with Crippen molar-refractivity contribution in [3.05, 3.63) is 77.4 Å². The maximum absolute atomic E-state index is 12.5. The number of hydrogen-bond acceptors (Lipinski definition) is 3. The Morgan fingerprint density at radius 2 is 2.00 bits per heavy atom. The van der Waals surface area contributed by atoms with Crippen LogP contribution in [0.1, 0.15) is 22.3 Å². The molecule has 0 saturated carbocycles. The molecule has 0 saturated heterocycles. The first-order valence-corrected chi connectivity index (χ1v) is 8.04. The summed E-state index contributed by atoms with van der Waals surface area (Å²) >= 11 is 0. The third-order valence-electron chi connectivity index (χ3n) is 4.35. The second-order valence-electron chi connectivity index (χ2n) is 5.77. The summed E-state index contributed by atoms with van der Waals surface area (Å²) in [6.45, 7) is 5.27. The lowest BCUT2D eigenvalue weighted by molar-refractivity contribution is -0.114. The van der Waals surface area contributed by atoms with E-state index in [4.69, 9.17) is 4.74 Å². The Labute approximate surface area is 142 Å². The molecule has 1 aliphatic rings. The highest BCUT2D eigenvalue weighted by Gasteiger charge is 2.20. The number of fused-ring (bicyclic) bond motifs is 1. The minimum absolute atomic E-state index is 0.113. The van der Waals surface area contributed by atoms with E-state index >= 15 is 0 Å². The quantitative estimate of drug-likeness (QED) is 0.861. The Bertz CT molecular complexity index is 754. The minimum Gasteiger partial charge on any atom is -0.392 e. The maximum atomic E-state index is 12.5. The molecule has 3 rings (SSSR count). The fourth-order valence-corrected chi connectivity index (χ4v) is 3.12. The lowest BCUT2D eigenvalue weighted by Crippen LogP contribution is -2.30. The molecule has 0 radical (unpaired) electrons. The number of aliphatic hydroxyl groups excluding tert-OH is 1. The van der Waals surface area contributed by atoms with Crippen molar-refractivity contribution in [1.29, 1.82) is 0 Å². The van der Waals surface area contributed by atoms with Crippen LogP contribution < -0.4 is 4.90 Å². The number of benzene rings is 2. The number of aliphatic hydroxyl groups is 1. The molecule has 0 bridgehead atoms. The van der Waals surface area contributed by atoms with Gasteiger partial charge in [-0.3, -0.25) is 4.79 Å². The van der Waals surface area contributed by atoms with E-state index in [0.29, 0.717) is 19.8 Å². The fourth-order valence-electron chi connectivity index (χ4n) is 3.12. The van der Waals surface area contributed by atoms with E-state index in [0.717, 1.165) is 23.2 Å². The number of nitrogens with zero attached hydrogens (tertiary/aromatic N) is 1. The molecule has 1 amide bonds. The van der Waals surface area contributed by atoms with Gasteiger partial charge in [0.15, 0.2) is 0 Å². The van der Waals surface area contributed by atoms with E-state index in [1.165, 1.54) is 17.2 Å². The van der Waals surface area contributed by atoms with Crippen LogP contribution in [0.15, 0.2) is 55.1 Å². The molecule has 4 nitrogen and oxygen atoms in total. The molecule has 0 aliphatic carbocycles. The molecule has 1 N–H and O–H groups in total. The van der Waals surface area contributed by atoms with E-state index in [1.807, 2.05) is 30.3 Å². The maximum Gasteiger partial charge on any atom is 0.250 e. The molecule has 0 unspecified atom stereocenters. The smallest absolute Gasteiger partial charge is 0.250 e. The molecule has 124 valence electrons. The monoisotopic (exact) mass is 323 g/mol. The van der Waals surface area contributed by atoms with Gasteiger partial charge in [-0.05, 0) is 35.3 Å². The summed E-state index contributed by atoms with van der Waals surface area (Å²) in [5.41, 5.74) is 4.99. The van der Waals surface area contributed by atoms with Crippen molar-refractivity contribution in [2.45, 2.75) is 26.2 Å². The second-order valence-corrected chi connectivity index (χ2v) is 5.77. The fraction of sp³-hybridized carbons (Fsp3) is 0.250. The van der Waals surface area contributed by atoms with Crippen LogP contribution in [-0.4, -0.2) is 17.6 Å². The normalized spacial score (nSPS) is 13.2. The zero-order valence-corrected chi connectivity index (χ0v) is 13.6. The topological polar surface area (TPSA) is 49.8 Å². The number of carbonyl (C=O) groups is 1. The van der Waals surface area contributed by atoms with E-state index in [1.54, 1.807) is 4.90 Å². The van der Waals surface area contributed by atoms with Gasteiger partial charge in [0.1, 0.15) is 0 Å². The second kappa shape index (κ2) is 7.43. The van der Waals surface area contributed by atoms with Gasteiger partial charge in [0.25, 0.3) is 5.91 Å². The molecule has 2 aromatic carbocycles. The molecular formula is C20H21NO3. The van der Waals surface area contributed by atoms with Gasteiger partial charge in [-0.1, -0.05) is 43.0 Å².